The molecule has 2 aromatic carbocycles. The Morgan fingerprint density at radius 3 is 2.66 bits per heavy atom. The van der Waals surface area contributed by atoms with Gasteiger partial charge in [-0.1, -0.05) is 5.22 Å². The van der Waals surface area contributed by atoms with Gasteiger partial charge < -0.3 is 20.7 Å². The lowest BCUT2D eigenvalue weighted by molar-refractivity contribution is 0.0636. The minimum atomic E-state index is -0.660. The van der Waals surface area contributed by atoms with Crippen LogP contribution in [-0.4, -0.2) is 32.0 Å². The summed E-state index contributed by atoms with van der Waals surface area (Å²) in [5, 5.41) is 28.5. The van der Waals surface area contributed by atoms with Crippen molar-refractivity contribution in [2.75, 3.05) is 5.32 Å². The Bertz CT molecular complexity index is 1490. The number of nitrogens with two attached hydrogens (primary N) is 1. The van der Waals surface area contributed by atoms with Crippen LogP contribution in [0, 0.1) is 5.41 Å². The summed E-state index contributed by atoms with van der Waals surface area (Å²) < 4.78 is 6.58. The molecule has 11 nitrogen and oxygen atoms in total. The second-order valence-corrected chi connectivity index (χ2v) is 8.15. The second kappa shape index (κ2) is 7.38. The summed E-state index contributed by atoms with van der Waals surface area (Å²) in [7, 11) is 0. The van der Waals surface area contributed by atoms with Crippen LogP contribution in [0.3, 0.4) is 0 Å². The molecule has 0 saturated heterocycles. The van der Waals surface area contributed by atoms with E-state index in [1.165, 1.54) is 16.5 Å². The van der Waals surface area contributed by atoms with Gasteiger partial charge in [0.1, 0.15) is 5.60 Å². The number of anilines is 1. The molecule has 164 valence electrons. The minimum absolute atomic E-state index is 0.144. The van der Waals surface area contributed by atoms with E-state index >= 15 is 0 Å². The van der Waals surface area contributed by atoms with Crippen molar-refractivity contribution >= 4 is 45.1 Å². The first-order valence-electron chi connectivity index (χ1n) is 9.62. The molecule has 11 heteroatoms. The van der Waals surface area contributed by atoms with E-state index in [0.29, 0.717) is 33.1 Å². The molecule has 6 N–H and O–H groups in total. The molecule has 2 aromatic heterocycles. The van der Waals surface area contributed by atoms with Crippen molar-refractivity contribution in [3.05, 3.63) is 52.3 Å². The number of amidine groups is 1. The number of rotatable bonds is 2. The maximum absolute atomic E-state index is 13.3. The third-order valence-corrected chi connectivity index (χ3v) is 4.72. The Morgan fingerprint density at radius 1 is 1.22 bits per heavy atom. The number of amides is 1. The van der Waals surface area contributed by atoms with Gasteiger partial charge in [-0.05, 0) is 57.2 Å². The van der Waals surface area contributed by atoms with E-state index in [-0.39, 0.29) is 17.2 Å². The Hall–Kier alpha value is -4.41. The molecule has 0 spiro atoms. The number of H-pyrrole nitrogens is 1. The molecule has 0 fully saturated rings. The SMILES string of the molecule is CC(C)(C)OC(=O)Nc1ccc2[nH]c3c(O)c4cc(C(=N)N=NN)ccc4n3c(=O)c2c1. The van der Waals surface area contributed by atoms with E-state index in [9.17, 15) is 14.7 Å². The third kappa shape index (κ3) is 3.60. The summed E-state index contributed by atoms with van der Waals surface area (Å²) in [5.74, 6) is 4.68. The maximum atomic E-state index is 13.3. The molecular weight excluding hydrogens is 414 g/mol. The molecule has 0 aliphatic carbocycles. The molecule has 0 saturated carbocycles. The van der Waals surface area contributed by atoms with Crippen LogP contribution in [0.25, 0.3) is 27.5 Å². The van der Waals surface area contributed by atoms with Gasteiger partial charge in [0.15, 0.2) is 17.2 Å². The van der Waals surface area contributed by atoms with E-state index in [2.05, 4.69) is 20.6 Å². The van der Waals surface area contributed by atoms with Crippen LogP contribution >= 0.6 is 0 Å². The number of fused-ring (bicyclic) bond motifs is 4. The summed E-state index contributed by atoms with van der Waals surface area (Å²) in [6.07, 6.45) is -0.636. The van der Waals surface area contributed by atoms with Gasteiger partial charge in [0, 0.05) is 16.6 Å². The highest BCUT2D eigenvalue weighted by Gasteiger charge is 2.19. The zero-order valence-electron chi connectivity index (χ0n) is 17.6. The number of hydrogen-bond donors (Lipinski definition) is 5. The second-order valence-electron chi connectivity index (χ2n) is 8.15. The van der Waals surface area contributed by atoms with Gasteiger partial charge in [-0.25, -0.2) is 4.79 Å². The monoisotopic (exact) mass is 435 g/mol. The van der Waals surface area contributed by atoms with Gasteiger partial charge in [0.05, 0.1) is 16.4 Å². The molecule has 0 aliphatic heterocycles. The van der Waals surface area contributed by atoms with Crippen LogP contribution in [0.4, 0.5) is 10.5 Å². The van der Waals surface area contributed by atoms with Gasteiger partial charge >= 0.3 is 6.09 Å². The molecule has 32 heavy (non-hydrogen) atoms. The zero-order chi connectivity index (χ0) is 23.2. The van der Waals surface area contributed by atoms with Crippen molar-refractivity contribution in [2.24, 2.45) is 16.2 Å². The summed E-state index contributed by atoms with van der Waals surface area (Å²) >= 11 is 0. The molecule has 4 rings (SSSR count). The fourth-order valence-corrected chi connectivity index (χ4v) is 3.44. The topological polar surface area (TPSA) is 170 Å². The Labute approximate surface area is 181 Å². The van der Waals surface area contributed by atoms with Crippen LogP contribution < -0.4 is 16.7 Å². The number of hydrogen-bond acceptors (Lipinski definition) is 6. The van der Waals surface area contributed by atoms with Gasteiger partial charge in [0.2, 0.25) is 0 Å². The standard InChI is InChI=1S/C21H21N7O4/c1-21(2,3)32-20(31)24-11-5-6-14-12(9-11)19(30)28-15-7-4-10(17(22)26-27-23)8-13(15)16(29)18(28)25-14/h4-9,25,29H,1-3H3,(H,24,31)(H3,22,23,26). The predicted molar refractivity (Wildman–Crippen MR) is 120 cm³/mol. The number of ether oxygens (including phenoxy) is 1. The molecule has 4 aromatic rings. The lowest BCUT2D eigenvalue weighted by atomic mass is 10.1. The van der Waals surface area contributed by atoms with Crippen LogP contribution in [0.1, 0.15) is 26.3 Å². The number of benzene rings is 2. The average molecular weight is 435 g/mol. The molecule has 1 amide bonds. The summed E-state index contributed by atoms with van der Waals surface area (Å²) in [5.41, 5.74) is 0.824. The first kappa shape index (κ1) is 20.8. The summed E-state index contributed by atoms with van der Waals surface area (Å²) in [6, 6.07) is 9.49. The number of aromatic amines is 1. The molecule has 0 unspecified atom stereocenters. The van der Waals surface area contributed by atoms with E-state index in [1.807, 2.05) is 0 Å². The predicted octanol–water partition coefficient (Wildman–Crippen LogP) is 3.64. The lowest BCUT2D eigenvalue weighted by Gasteiger charge is -2.19. The minimum Gasteiger partial charge on any atom is -0.504 e. The number of nitrogens with one attached hydrogen (secondary N) is 3. The van der Waals surface area contributed by atoms with Crippen LogP contribution in [0.2, 0.25) is 0 Å². The van der Waals surface area contributed by atoms with Crippen molar-refractivity contribution in [2.45, 2.75) is 26.4 Å². The first-order chi connectivity index (χ1) is 15.1. The first-order valence-corrected chi connectivity index (χ1v) is 9.62. The summed E-state index contributed by atoms with van der Waals surface area (Å²) in [6.45, 7) is 5.26. The van der Waals surface area contributed by atoms with E-state index in [1.54, 1.807) is 45.0 Å². The van der Waals surface area contributed by atoms with E-state index < -0.39 is 17.3 Å². The lowest BCUT2D eigenvalue weighted by Crippen LogP contribution is -2.27. The van der Waals surface area contributed by atoms with Gasteiger partial charge in [0.25, 0.3) is 5.56 Å². The van der Waals surface area contributed by atoms with Crippen molar-refractivity contribution in [3.8, 4) is 5.75 Å². The van der Waals surface area contributed by atoms with Crippen molar-refractivity contribution in [1.29, 1.82) is 5.41 Å². The Morgan fingerprint density at radius 2 is 1.97 bits per heavy atom. The highest BCUT2D eigenvalue weighted by Crippen LogP contribution is 2.32. The zero-order valence-corrected chi connectivity index (χ0v) is 17.6. The fraction of sp³-hybridized carbons (Fsp3) is 0.190. The maximum Gasteiger partial charge on any atom is 0.412 e. The van der Waals surface area contributed by atoms with Crippen molar-refractivity contribution < 1.29 is 14.6 Å². The van der Waals surface area contributed by atoms with Gasteiger partial charge in [-0.15, -0.1) is 5.11 Å². The van der Waals surface area contributed by atoms with Crippen LogP contribution in [-0.2, 0) is 4.74 Å². The van der Waals surface area contributed by atoms with Crippen molar-refractivity contribution in [1.82, 2.24) is 9.38 Å². The smallest absolute Gasteiger partial charge is 0.412 e. The summed E-state index contributed by atoms with van der Waals surface area (Å²) in [4.78, 5) is 28.4. The molecule has 0 bridgehead atoms. The van der Waals surface area contributed by atoms with Crippen LogP contribution in [0.15, 0.2) is 51.5 Å². The van der Waals surface area contributed by atoms with Gasteiger partial charge in [-0.2, -0.15) is 0 Å². The number of carbonyl (C=O) groups is 1. The van der Waals surface area contributed by atoms with Crippen molar-refractivity contribution in [3.63, 3.8) is 0 Å². The highest BCUT2D eigenvalue weighted by atomic mass is 16.6. The fourth-order valence-electron chi connectivity index (χ4n) is 3.44. The molecule has 2 heterocycles. The average Bonchev–Trinajstić information content (AvgIpc) is 2.99. The number of carbonyl (C=O) groups excluding carboxylic acids is 1. The van der Waals surface area contributed by atoms with Gasteiger partial charge in [-0.3, -0.25) is 19.9 Å². The van der Waals surface area contributed by atoms with E-state index in [4.69, 9.17) is 16.0 Å². The normalized spacial score (nSPS) is 12.1. The number of nitrogens with zero attached hydrogens (tertiary/aromatic N) is 3. The molecule has 0 radical (unpaired) electrons. The highest BCUT2D eigenvalue weighted by molar-refractivity contribution is 6.04. The quantitative estimate of drug-likeness (QED) is 0.106. The van der Waals surface area contributed by atoms with E-state index in [0.717, 1.165) is 0 Å². The molecular formula is C21H21N7O4. The largest absolute Gasteiger partial charge is 0.504 e. The molecule has 0 atom stereocenters. The number of aromatic hydroxyl groups is 1. The number of aromatic nitrogens is 2. The Kier molecular flexibility index (Phi) is 4.80. The Balaban J connectivity index is 1.87. The van der Waals surface area contributed by atoms with Crippen LogP contribution in [0.5, 0.6) is 5.75 Å². The molecule has 0 aliphatic rings. The third-order valence-electron chi connectivity index (χ3n) is 4.72.